The Labute approximate surface area is 138 Å². The number of amides is 1. The highest BCUT2D eigenvalue weighted by Crippen LogP contribution is 2.17. The number of nitrogens with one attached hydrogen (secondary N) is 2. The van der Waals surface area contributed by atoms with Gasteiger partial charge in [-0.1, -0.05) is 30.3 Å². The number of benzene rings is 2. The third kappa shape index (κ3) is 4.27. The van der Waals surface area contributed by atoms with Gasteiger partial charge in [-0.15, -0.1) is 0 Å². The summed E-state index contributed by atoms with van der Waals surface area (Å²) in [7, 11) is -1.08. The zero-order valence-electron chi connectivity index (χ0n) is 12.8. The van der Waals surface area contributed by atoms with Crippen LogP contribution < -0.4 is 10.6 Å². The van der Waals surface area contributed by atoms with E-state index in [1.807, 2.05) is 54.6 Å². The molecule has 1 aliphatic heterocycles. The molecule has 1 heterocycles. The molecule has 0 spiro atoms. The predicted molar refractivity (Wildman–Crippen MR) is 92.6 cm³/mol. The molecule has 5 heteroatoms. The van der Waals surface area contributed by atoms with Crippen molar-refractivity contribution in [3.8, 4) is 0 Å². The molecule has 0 saturated carbocycles. The van der Waals surface area contributed by atoms with Gasteiger partial charge < -0.3 is 10.6 Å². The first-order valence-corrected chi connectivity index (χ1v) is 9.08. The molecule has 0 aromatic heterocycles. The van der Waals surface area contributed by atoms with Crippen LogP contribution in [0.5, 0.6) is 0 Å². The number of rotatable bonds is 5. The fourth-order valence-corrected chi connectivity index (χ4v) is 3.78. The van der Waals surface area contributed by atoms with E-state index in [-0.39, 0.29) is 11.8 Å². The molecule has 2 aromatic carbocycles. The number of anilines is 1. The van der Waals surface area contributed by atoms with E-state index in [4.69, 9.17) is 0 Å². The minimum absolute atomic E-state index is 0.0390. The van der Waals surface area contributed by atoms with Crippen LogP contribution in [-0.4, -0.2) is 23.2 Å². The topological polar surface area (TPSA) is 58.2 Å². The van der Waals surface area contributed by atoms with Crippen LogP contribution in [-0.2, 0) is 21.3 Å². The third-order valence-electron chi connectivity index (χ3n) is 3.93. The molecule has 120 valence electrons. The summed E-state index contributed by atoms with van der Waals surface area (Å²) in [4.78, 5) is 13.0. The fraction of sp³-hybridized carbons (Fsp3) is 0.278. The minimum Gasteiger partial charge on any atom is -0.326 e. The molecule has 1 fully saturated rings. The molecule has 3 rings (SSSR count). The first kappa shape index (κ1) is 15.9. The van der Waals surface area contributed by atoms with E-state index >= 15 is 0 Å². The number of hydrogen-bond donors (Lipinski definition) is 2. The van der Waals surface area contributed by atoms with Crippen molar-refractivity contribution in [2.24, 2.45) is 5.92 Å². The Kier molecular flexibility index (Phi) is 5.20. The standard InChI is InChI=1S/C18H20N2O2S/c21-18(15-9-10-19-12-15)20-16-6-4-5-14(11-16)13-23(22)17-7-2-1-3-8-17/h1-8,11,15,19H,9-10,12-13H2,(H,20,21). The lowest BCUT2D eigenvalue weighted by Gasteiger charge is -2.11. The molecule has 2 N–H and O–H groups in total. The zero-order valence-corrected chi connectivity index (χ0v) is 13.6. The minimum atomic E-state index is -1.08. The van der Waals surface area contributed by atoms with Gasteiger partial charge in [-0.25, -0.2) is 0 Å². The molecule has 2 atom stereocenters. The lowest BCUT2D eigenvalue weighted by molar-refractivity contribution is -0.119. The molecule has 2 aromatic rings. The summed E-state index contributed by atoms with van der Waals surface area (Å²) in [6, 6.07) is 17.0. The quantitative estimate of drug-likeness (QED) is 0.887. The summed E-state index contributed by atoms with van der Waals surface area (Å²) in [6.07, 6.45) is 0.879. The van der Waals surface area contributed by atoms with Gasteiger partial charge in [0.1, 0.15) is 0 Å². The van der Waals surface area contributed by atoms with Gasteiger partial charge >= 0.3 is 0 Å². The maximum Gasteiger partial charge on any atom is 0.228 e. The summed E-state index contributed by atoms with van der Waals surface area (Å²) in [5.74, 6) is 0.534. The Bertz CT molecular complexity index is 697. The van der Waals surface area contributed by atoms with Gasteiger partial charge in [0.15, 0.2) is 0 Å². The number of carbonyl (C=O) groups excluding carboxylic acids is 1. The first-order chi connectivity index (χ1) is 11.2. The van der Waals surface area contributed by atoms with E-state index in [0.29, 0.717) is 5.75 Å². The van der Waals surface area contributed by atoms with Crippen LogP contribution in [0.15, 0.2) is 59.5 Å². The van der Waals surface area contributed by atoms with Crippen LogP contribution in [0.25, 0.3) is 0 Å². The van der Waals surface area contributed by atoms with Crippen LogP contribution in [0.2, 0.25) is 0 Å². The second kappa shape index (κ2) is 7.53. The molecule has 0 radical (unpaired) electrons. The first-order valence-electron chi connectivity index (χ1n) is 7.76. The van der Waals surface area contributed by atoms with Gasteiger partial charge in [-0.2, -0.15) is 0 Å². The van der Waals surface area contributed by atoms with Crippen molar-refractivity contribution >= 4 is 22.4 Å². The van der Waals surface area contributed by atoms with Gasteiger partial charge in [0, 0.05) is 17.1 Å². The normalized spacial score (nSPS) is 18.5. The van der Waals surface area contributed by atoms with Gasteiger partial charge in [0.25, 0.3) is 0 Å². The summed E-state index contributed by atoms with van der Waals surface area (Å²) >= 11 is 0. The van der Waals surface area contributed by atoms with Crippen LogP contribution in [0.4, 0.5) is 5.69 Å². The summed E-state index contributed by atoms with van der Waals surface area (Å²) in [5, 5.41) is 6.15. The molecule has 1 saturated heterocycles. The molecule has 0 aliphatic carbocycles. The SMILES string of the molecule is O=C(Nc1cccc(CS(=O)c2ccccc2)c1)C1CCNC1. The number of hydrogen-bond acceptors (Lipinski definition) is 3. The van der Waals surface area contributed by atoms with Crippen molar-refractivity contribution in [1.29, 1.82) is 0 Å². The van der Waals surface area contributed by atoms with Crippen LogP contribution in [0.1, 0.15) is 12.0 Å². The van der Waals surface area contributed by atoms with Crippen molar-refractivity contribution in [2.45, 2.75) is 17.1 Å². The maximum absolute atomic E-state index is 12.4. The second-order valence-corrected chi connectivity index (χ2v) is 7.13. The highest BCUT2D eigenvalue weighted by Gasteiger charge is 2.22. The van der Waals surface area contributed by atoms with E-state index in [0.717, 1.165) is 35.7 Å². The van der Waals surface area contributed by atoms with Crippen molar-refractivity contribution in [3.63, 3.8) is 0 Å². The van der Waals surface area contributed by atoms with Gasteiger partial charge in [0.05, 0.1) is 22.5 Å². The largest absolute Gasteiger partial charge is 0.326 e. The smallest absolute Gasteiger partial charge is 0.228 e. The van der Waals surface area contributed by atoms with Gasteiger partial charge in [-0.05, 0) is 42.8 Å². The molecule has 1 aliphatic rings. The average molecular weight is 328 g/mol. The van der Waals surface area contributed by atoms with E-state index < -0.39 is 10.8 Å². The second-order valence-electron chi connectivity index (χ2n) is 5.68. The molecule has 23 heavy (non-hydrogen) atoms. The van der Waals surface area contributed by atoms with Crippen LogP contribution in [0.3, 0.4) is 0 Å². The number of carbonyl (C=O) groups is 1. The van der Waals surface area contributed by atoms with E-state index in [9.17, 15) is 9.00 Å². The van der Waals surface area contributed by atoms with Crippen molar-refractivity contribution in [1.82, 2.24) is 5.32 Å². The van der Waals surface area contributed by atoms with E-state index in [1.54, 1.807) is 0 Å². The maximum atomic E-state index is 12.4. The Morgan fingerprint density at radius 1 is 1.17 bits per heavy atom. The van der Waals surface area contributed by atoms with Crippen molar-refractivity contribution in [3.05, 3.63) is 60.2 Å². The van der Waals surface area contributed by atoms with E-state index in [2.05, 4.69) is 10.6 Å². The predicted octanol–water partition coefficient (Wildman–Crippen LogP) is 2.54. The molecule has 4 nitrogen and oxygen atoms in total. The lowest BCUT2D eigenvalue weighted by atomic mass is 10.1. The monoisotopic (exact) mass is 328 g/mol. The Morgan fingerprint density at radius 2 is 2.00 bits per heavy atom. The highest BCUT2D eigenvalue weighted by molar-refractivity contribution is 7.84. The molecule has 2 unspecified atom stereocenters. The highest BCUT2D eigenvalue weighted by atomic mass is 32.2. The van der Waals surface area contributed by atoms with Crippen LogP contribution in [0, 0.1) is 5.92 Å². The molecular formula is C18H20N2O2S. The third-order valence-corrected chi connectivity index (χ3v) is 5.32. The Balaban J connectivity index is 1.65. The van der Waals surface area contributed by atoms with Crippen molar-refractivity contribution in [2.75, 3.05) is 18.4 Å². The Hall–Kier alpha value is -1.98. The summed E-state index contributed by atoms with van der Waals surface area (Å²) in [5.41, 5.74) is 1.72. The van der Waals surface area contributed by atoms with Crippen molar-refractivity contribution < 1.29 is 9.00 Å². The summed E-state index contributed by atoms with van der Waals surface area (Å²) < 4.78 is 12.4. The lowest BCUT2D eigenvalue weighted by Crippen LogP contribution is -2.24. The molecule has 1 amide bonds. The zero-order chi connectivity index (χ0) is 16.1. The van der Waals surface area contributed by atoms with E-state index in [1.165, 1.54) is 0 Å². The summed E-state index contributed by atoms with van der Waals surface area (Å²) in [6.45, 7) is 1.64. The average Bonchev–Trinajstić information content (AvgIpc) is 3.10. The fourth-order valence-electron chi connectivity index (χ4n) is 2.67. The van der Waals surface area contributed by atoms with Gasteiger partial charge in [-0.3, -0.25) is 9.00 Å². The van der Waals surface area contributed by atoms with Gasteiger partial charge in [0.2, 0.25) is 5.91 Å². The molecular weight excluding hydrogens is 308 g/mol. The van der Waals surface area contributed by atoms with Crippen LogP contribution >= 0.6 is 0 Å². The Morgan fingerprint density at radius 3 is 2.74 bits per heavy atom. The molecule has 0 bridgehead atoms.